The molecule has 0 atom stereocenters. The lowest BCUT2D eigenvalue weighted by atomic mass is 10.2. The maximum Gasteiger partial charge on any atom is 0.338 e. The zero-order chi connectivity index (χ0) is 20.6. The van der Waals surface area contributed by atoms with Crippen LogP contribution in [0.4, 0.5) is 11.4 Å². The van der Waals surface area contributed by atoms with Gasteiger partial charge in [-0.3, -0.25) is 4.79 Å². The van der Waals surface area contributed by atoms with E-state index in [2.05, 4.69) is 24.1 Å². The molecular weight excluding hydrogens is 372 g/mol. The molecule has 0 aromatic heterocycles. The van der Waals surface area contributed by atoms with Crippen LogP contribution in [0.1, 0.15) is 30.6 Å². The van der Waals surface area contributed by atoms with Gasteiger partial charge in [0.05, 0.1) is 18.8 Å². The number of carbonyl (C=O) groups is 2. The molecule has 1 N–H and O–H groups in total. The molecule has 2 aromatic rings. The Kier molecular flexibility index (Phi) is 6.94. The summed E-state index contributed by atoms with van der Waals surface area (Å²) in [6.45, 7) is 6.73. The highest BCUT2D eigenvalue weighted by molar-refractivity contribution is 5.95. The van der Waals surface area contributed by atoms with Gasteiger partial charge in [-0.25, -0.2) is 4.79 Å². The van der Waals surface area contributed by atoms with Crippen molar-refractivity contribution in [1.29, 1.82) is 0 Å². The van der Waals surface area contributed by atoms with Crippen LogP contribution in [0.2, 0.25) is 0 Å². The van der Waals surface area contributed by atoms with Crippen LogP contribution in [0, 0.1) is 0 Å². The minimum Gasteiger partial charge on any atom is -0.490 e. The molecule has 1 heterocycles. The molecule has 0 aliphatic carbocycles. The maximum absolute atomic E-state index is 12.2. The van der Waals surface area contributed by atoms with Gasteiger partial charge in [0.1, 0.15) is 0 Å². The van der Waals surface area contributed by atoms with E-state index in [1.807, 2.05) is 12.1 Å². The van der Waals surface area contributed by atoms with E-state index in [9.17, 15) is 9.59 Å². The number of amides is 1. The minimum atomic E-state index is -0.537. The molecule has 0 saturated heterocycles. The van der Waals surface area contributed by atoms with Gasteiger partial charge in [0, 0.05) is 37.0 Å². The van der Waals surface area contributed by atoms with Gasteiger partial charge in [0.25, 0.3) is 5.91 Å². The Morgan fingerprint density at radius 3 is 2.38 bits per heavy atom. The van der Waals surface area contributed by atoms with E-state index in [4.69, 9.17) is 14.2 Å². The molecule has 1 aliphatic heterocycles. The van der Waals surface area contributed by atoms with E-state index in [0.717, 1.165) is 25.2 Å². The van der Waals surface area contributed by atoms with Crippen LogP contribution in [0.3, 0.4) is 0 Å². The smallest absolute Gasteiger partial charge is 0.338 e. The third kappa shape index (κ3) is 5.40. The Labute approximate surface area is 170 Å². The topological polar surface area (TPSA) is 77.1 Å². The number of esters is 1. The van der Waals surface area contributed by atoms with E-state index in [0.29, 0.717) is 36.0 Å². The molecule has 0 saturated carbocycles. The molecule has 154 valence electrons. The van der Waals surface area contributed by atoms with Crippen molar-refractivity contribution >= 4 is 23.3 Å². The molecule has 7 nitrogen and oxygen atoms in total. The normalized spacial score (nSPS) is 12.6. The van der Waals surface area contributed by atoms with E-state index in [1.165, 1.54) is 0 Å². The molecule has 1 amide bonds. The van der Waals surface area contributed by atoms with Crippen molar-refractivity contribution in [1.82, 2.24) is 0 Å². The number of ether oxygens (including phenoxy) is 3. The van der Waals surface area contributed by atoms with E-state index >= 15 is 0 Å². The molecule has 1 aliphatic rings. The third-order valence-corrected chi connectivity index (χ3v) is 4.60. The predicted octanol–water partition coefficient (Wildman–Crippen LogP) is 3.49. The number of nitrogens with one attached hydrogen (secondary N) is 1. The number of rotatable bonds is 7. The summed E-state index contributed by atoms with van der Waals surface area (Å²) in [5.74, 6) is 0.281. The van der Waals surface area contributed by atoms with Crippen LogP contribution in [0.15, 0.2) is 42.5 Å². The molecule has 0 spiro atoms. The molecule has 0 fully saturated rings. The highest BCUT2D eigenvalue weighted by Crippen LogP contribution is 2.32. The van der Waals surface area contributed by atoms with Crippen molar-refractivity contribution in [3.63, 3.8) is 0 Å². The fourth-order valence-corrected chi connectivity index (χ4v) is 3.05. The molecule has 0 unspecified atom stereocenters. The molecule has 0 bridgehead atoms. The number of hydrogen-bond acceptors (Lipinski definition) is 6. The van der Waals surface area contributed by atoms with Crippen molar-refractivity contribution in [2.45, 2.75) is 20.3 Å². The average molecular weight is 398 g/mol. The lowest BCUT2D eigenvalue weighted by Gasteiger charge is -2.20. The standard InChI is InChI=1S/C22H26N2O5/c1-3-24(4-2)18-9-6-16(7-10-18)22(26)29-15-21(25)23-17-8-11-19-20(14-17)28-13-5-12-27-19/h6-11,14H,3-5,12-13,15H2,1-2H3,(H,23,25). The van der Waals surface area contributed by atoms with E-state index < -0.39 is 11.9 Å². The van der Waals surface area contributed by atoms with Crippen molar-refractivity contribution in [2.24, 2.45) is 0 Å². The summed E-state index contributed by atoms with van der Waals surface area (Å²) in [6.07, 6.45) is 0.808. The average Bonchev–Trinajstić information content (AvgIpc) is 2.98. The Bertz CT molecular complexity index is 847. The van der Waals surface area contributed by atoms with Gasteiger partial charge in [-0.1, -0.05) is 0 Å². The summed E-state index contributed by atoms with van der Waals surface area (Å²) in [5.41, 5.74) is 2.00. The molecule has 0 radical (unpaired) electrons. The van der Waals surface area contributed by atoms with E-state index in [1.54, 1.807) is 30.3 Å². The fraction of sp³-hybridized carbons (Fsp3) is 0.364. The number of hydrogen-bond donors (Lipinski definition) is 1. The van der Waals surface area contributed by atoms with Crippen LogP contribution in [0.5, 0.6) is 11.5 Å². The number of nitrogens with zero attached hydrogens (tertiary/aromatic N) is 1. The molecular formula is C22H26N2O5. The summed E-state index contributed by atoms with van der Waals surface area (Å²) < 4.78 is 16.3. The molecule has 29 heavy (non-hydrogen) atoms. The second-order valence-corrected chi connectivity index (χ2v) is 6.56. The second kappa shape index (κ2) is 9.82. The third-order valence-electron chi connectivity index (χ3n) is 4.60. The van der Waals surface area contributed by atoms with E-state index in [-0.39, 0.29) is 6.61 Å². The van der Waals surface area contributed by atoms with Crippen molar-refractivity contribution in [3.8, 4) is 11.5 Å². The Hall–Kier alpha value is -3.22. The summed E-state index contributed by atoms with van der Waals surface area (Å²) in [5, 5.41) is 2.70. The highest BCUT2D eigenvalue weighted by Gasteiger charge is 2.14. The second-order valence-electron chi connectivity index (χ2n) is 6.56. The molecule has 3 rings (SSSR count). The number of benzene rings is 2. The van der Waals surface area contributed by atoms with Crippen LogP contribution < -0.4 is 19.7 Å². The first-order valence-electron chi connectivity index (χ1n) is 9.82. The fourth-order valence-electron chi connectivity index (χ4n) is 3.05. The molecule has 7 heteroatoms. The molecule has 2 aromatic carbocycles. The van der Waals surface area contributed by atoms with Crippen LogP contribution in [-0.4, -0.2) is 44.8 Å². The van der Waals surface area contributed by atoms with Gasteiger partial charge in [-0.15, -0.1) is 0 Å². The lowest BCUT2D eigenvalue weighted by Crippen LogP contribution is -2.22. The number of carbonyl (C=O) groups excluding carboxylic acids is 2. The predicted molar refractivity (Wildman–Crippen MR) is 111 cm³/mol. The first-order chi connectivity index (χ1) is 14.1. The number of fused-ring (bicyclic) bond motifs is 1. The van der Waals surface area contributed by atoms with Gasteiger partial charge in [-0.05, 0) is 50.2 Å². The van der Waals surface area contributed by atoms with Crippen molar-refractivity contribution in [3.05, 3.63) is 48.0 Å². The van der Waals surface area contributed by atoms with Crippen molar-refractivity contribution in [2.75, 3.05) is 43.1 Å². The SMILES string of the molecule is CCN(CC)c1ccc(C(=O)OCC(=O)Nc2ccc3c(c2)OCCCO3)cc1. The van der Waals surface area contributed by atoms with Crippen LogP contribution in [0.25, 0.3) is 0 Å². The first kappa shape index (κ1) is 20.5. The summed E-state index contributed by atoms with van der Waals surface area (Å²) >= 11 is 0. The van der Waals surface area contributed by atoms with Crippen LogP contribution >= 0.6 is 0 Å². The van der Waals surface area contributed by atoms with Gasteiger partial charge in [0.15, 0.2) is 18.1 Å². The van der Waals surface area contributed by atoms with Crippen molar-refractivity contribution < 1.29 is 23.8 Å². The van der Waals surface area contributed by atoms with Gasteiger partial charge >= 0.3 is 5.97 Å². The quantitative estimate of drug-likeness (QED) is 0.720. The largest absolute Gasteiger partial charge is 0.490 e. The Balaban J connectivity index is 1.52. The maximum atomic E-state index is 12.2. The zero-order valence-electron chi connectivity index (χ0n) is 16.8. The van der Waals surface area contributed by atoms with Gasteiger partial charge in [-0.2, -0.15) is 0 Å². The Morgan fingerprint density at radius 2 is 1.69 bits per heavy atom. The van der Waals surface area contributed by atoms with Gasteiger partial charge in [0.2, 0.25) is 0 Å². The van der Waals surface area contributed by atoms with Crippen LogP contribution in [-0.2, 0) is 9.53 Å². The summed E-state index contributed by atoms with van der Waals surface area (Å²) in [6, 6.07) is 12.3. The highest BCUT2D eigenvalue weighted by atomic mass is 16.5. The first-order valence-corrected chi connectivity index (χ1v) is 9.82. The summed E-state index contributed by atoms with van der Waals surface area (Å²) in [4.78, 5) is 26.5. The summed E-state index contributed by atoms with van der Waals surface area (Å²) in [7, 11) is 0. The van der Waals surface area contributed by atoms with Gasteiger partial charge < -0.3 is 24.4 Å². The monoisotopic (exact) mass is 398 g/mol. The number of anilines is 2. The Morgan fingerprint density at radius 1 is 1.00 bits per heavy atom. The minimum absolute atomic E-state index is 0.370. The lowest BCUT2D eigenvalue weighted by molar-refractivity contribution is -0.119. The zero-order valence-corrected chi connectivity index (χ0v) is 16.8.